The predicted molar refractivity (Wildman–Crippen MR) is 47.0 cm³/mol. The van der Waals surface area contributed by atoms with Crippen molar-refractivity contribution in [2.75, 3.05) is 13.1 Å². The van der Waals surface area contributed by atoms with Crippen molar-refractivity contribution in [1.29, 1.82) is 0 Å². The summed E-state index contributed by atoms with van der Waals surface area (Å²) in [4.78, 5) is 10.4. The summed E-state index contributed by atoms with van der Waals surface area (Å²) in [5, 5.41) is 11.9. The third-order valence-electron chi connectivity index (χ3n) is 2.69. The Morgan fingerprint density at radius 2 is 2.17 bits per heavy atom. The molecule has 1 aliphatic rings. The quantitative estimate of drug-likeness (QED) is 0.668. The molecule has 0 aromatic rings. The minimum absolute atomic E-state index is 0.324. The second kappa shape index (κ2) is 4.45. The SMILES string of the molecule is C[C@@H](CC(=O)O)C1CCNCC1. The summed E-state index contributed by atoms with van der Waals surface area (Å²) >= 11 is 0. The van der Waals surface area contributed by atoms with E-state index in [1.807, 2.05) is 6.92 Å². The van der Waals surface area contributed by atoms with E-state index in [1.54, 1.807) is 0 Å². The van der Waals surface area contributed by atoms with Gasteiger partial charge in [0.25, 0.3) is 0 Å². The largest absolute Gasteiger partial charge is 0.481 e. The van der Waals surface area contributed by atoms with E-state index in [9.17, 15) is 4.79 Å². The Bertz CT molecular complexity index is 153. The van der Waals surface area contributed by atoms with Crippen molar-refractivity contribution in [1.82, 2.24) is 5.32 Å². The van der Waals surface area contributed by atoms with E-state index in [4.69, 9.17) is 5.11 Å². The van der Waals surface area contributed by atoms with Gasteiger partial charge in [-0.25, -0.2) is 0 Å². The second-order valence-corrected chi connectivity index (χ2v) is 3.66. The second-order valence-electron chi connectivity index (χ2n) is 3.66. The smallest absolute Gasteiger partial charge is 0.303 e. The fourth-order valence-electron chi connectivity index (χ4n) is 1.86. The first-order valence-corrected chi connectivity index (χ1v) is 4.62. The number of hydrogen-bond donors (Lipinski definition) is 2. The number of carboxylic acids is 1. The lowest BCUT2D eigenvalue weighted by Crippen LogP contribution is -2.31. The molecule has 0 bridgehead atoms. The van der Waals surface area contributed by atoms with Crippen LogP contribution in [0, 0.1) is 11.8 Å². The number of aliphatic carboxylic acids is 1. The number of carbonyl (C=O) groups is 1. The van der Waals surface area contributed by atoms with Crippen LogP contribution in [-0.2, 0) is 4.79 Å². The van der Waals surface area contributed by atoms with Crippen LogP contribution in [0.25, 0.3) is 0 Å². The van der Waals surface area contributed by atoms with Crippen LogP contribution in [0.5, 0.6) is 0 Å². The molecule has 1 heterocycles. The topological polar surface area (TPSA) is 49.3 Å². The number of rotatable bonds is 3. The van der Waals surface area contributed by atoms with E-state index >= 15 is 0 Å². The third kappa shape index (κ3) is 2.81. The van der Waals surface area contributed by atoms with Crippen molar-refractivity contribution < 1.29 is 9.90 Å². The first-order valence-electron chi connectivity index (χ1n) is 4.62. The van der Waals surface area contributed by atoms with Crippen LogP contribution in [0.2, 0.25) is 0 Å². The number of nitrogens with one attached hydrogen (secondary N) is 1. The molecule has 0 unspecified atom stereocenters. The normalized spacial score (nSPS) is 22.1. The molecule has 1 aliphatic heterocycles. The van der Waals surface area contributed by atoms with Gasteiger partial charge >= 0.3 is 5.97 Å². The van der Waals surface area contributed by atoms with Crippen LogP contribution in [0.4, 0.5) is 0 Å². The maximum atomic E-state index is 10.4. The van der Waals surface area contributed by atoms with E-state index in [-0.39, 0.29) is 0 Å². The Balaban J connectivity index is 2.29. The van der Waals surface area contributed by atoms with Crippen LogP contribution >= 0.6 is 0 Å². The molecule has 70 valence electrons. The third-order valence-corrected chi connectivity index (χ3v) is 2.69. The molecule has 2 N–H and O–H groups in total. The van der Waals surface area contributed by atoms with Crippen molar-refractivity contribution in [2.24, 2.45) is 11.8 Å². The van der Waals surface area contributed by atoms with Crippen molar-refractivity contribution >= 4 is 5.97 Å². The highest BCUT2D eigenvalue weighted by Gasteiger charge is 2.21. The van der Waals surface area contributed by atoms with E-state index < -0.39 is 5.97 Å². The van der Waals surface area contributed by atoms with Crippen molar-refractivity contribution in [3.63, 3.8) is 0 Å². The Kier molecular flexibility index (Phi) is 3.53. The average Bonchev–Trinajstić information content (AvgIpc) is 2.05. The van der Waals surface area contributed by atoms with Gasteiger partial charge in [-0.2, -0.15) is 0 Å². The van der Waals surface area contributed by atoms with Crippen LogP contribution in [-0.4, -0.2) is 24.2 Å². The Hall–Kier alpha value is -0.570. The number of piperidine rings is 1. The lowest BCUT2D eigenvalue weighted by atomic mass is 9.84. The molecular formula is C9H17NO2. The predicted octanol–water partition coefficient (Wildman–Crippen LogP) is 1.10. The molecule has 3 heteroatoms. The molecule has 1 fully saturated rings. The van der Waals surface area contributed by atoms with Gasteiger partial charge in [-0.15, -0.1) is 0 Å². The molecule has 0 aromatic carbocycles. The Morgan fingerprint density at radius 1 is 1.58 bits per heavy atom. The molecule has 0 amide bonds. The molecule has 1 saturated heterocycles. The van der Waals surface area contributed by atoms with E-state index in [0.717, 1.165) is 25.9 Å². The fraction of sp³-hybridized carbons (Fsp3) is 0.889. The van der Waals surface area contributed by atoms with Gasteiger partial charge in [-0.05, 0) is 37.8 Å². The van der Waals surface area contributed by atoms with Crippen molar-refractivity contribution in [3.8, 4) is 0 Å². The van der Waals surface area contributed by atoms with Crippen molar-refractivity contribution in [2.45, 2.75) is 26.2 Å². The molecule has 0 spiro atoms. The fourth-order valence-corrected chi connectivity index (χ4v) is 1.86. The van der Waals surface area contributed by atoms with E-state index in [2.05, 4.69) is 5.32 Å². The summed E-state index contributed by atoms with van der Waals surface area (Å²) in [6.07, 6.45) is 2.59. The molecule has 12 heavy (non-hydrogen) atoms. The zero-order valence-corrected chi connectivity index (χ0v) is 7.55. The van der Waals surface area contributed by atoms with Crippen LogP contribution < -0.4 is 5.32 Å². The lowest BCUT2D eigenvalue weighted by molar-refractivity contribution is -0.138. The highest BCUT2D eigenvalue weighted by Crippen LogP contribution is 2.23. The molecule has 0 aromatic heterocycles. The van der Waals surface area contributed by atoms with Crippen molar-refractivity contribution in [3.05, 3.63) is 0 Å². The zero-order chi connectivity index (χ0) is 8.97. The summed E-state index contributed by atoms with van der Waals surface area (Å²) in [6, 6.07) is 0. The van der Waals surface area contributed by atoms with Gasteiger partial charge in [-0.1, -0.05) is 6.92 Å². The maximum Gasteiger partial charge on any atom is 0.303 e. The Labute approximate surface area is 73.2 Å². The molecule has 3 nitrogen and oxygen atoms in total. The standard InChI is InChI=1S/C9H17NO2/c1-7(6-9(11)12)8-2-4-10-5-3-8/h7-8,10H,2-6H2,1H3,(H,11,12)/t7-/m0/s1. The highest BCUT2D eigenvalue weighted by atomic mass is 16.4. The van der Waals surface area contributed by atoms with Gasteiger partial charge in [0.2, 0.25) is 0 Å². The van der Waals surface area contributed by atoms with Gasteiger partial charge < -0.3 is 10.4 Å². The summed E-state index contributed by atoms with van der Waals surface area (Å²) in [5.74, 6) is 0.285. The summed E-state index contributed by atoms with van der Waals surface area (Å²) < 4.78 is 0. The van der Waals surface area contributed by atoms with Gasteiger partial charge in [-0.3, -0.25) is 4.79 Å². The molecule has 0 radical (unpaired) electrons. The van der Waals surface area contributed by atoms with Gasteiger partial charge in [0.05, 0.1) is 0 Å². The summed E-state index contributed by atoms with van der Waals surface area (Å²) in [6.45, 7) is 4.15. The molecular weight excluding hydrogens is 154 g/mol. The molecule has 1 rings (SSSR count). The van der Waals surface area contributed by atoms with E-state index in [0.29, 0.717) is 18.3 Å². The lowest BCUT2D eigenvalue weighted by Gasteiger charge is -2.27. The minimum Gasteiger partial charge on any atom is -0.481 e. The molecule has 0 aliphatic carbocycles. The Morgan fingerprint density at radius 3 is 2.67 bits per heavy atom. The van der Waals surface area contributed by atoms with Crippen LogP contribution in [0.15, 0.2) is 0 Å². The van der Waals surface area contributed by atoms with Crippen LogP contribution in [0.3, 0.4) is 0 Å². The first-order chi connectivity index (χ1) is 5.70. The maximum absolute atomic E-state index is 10.4. The minimum atomic E-state index is -0.666. The summed E-state index contributed by atoms with van der Waals surface area (Å²) in [7, 11) is 0. The monoisotopic (exact) mass is 171 g/mol. The van der Waals surface area contributed by atoms with E-state index in [1.165, 1.54) is 0 Å². The molecule has 0 saturated carbocycles. The van der Waals surface area contributed by atoms with Crippen LogP contribution in [0.1, 0.15) is 26.2 Å². The summed E-state index contributed by atoms with van der Waals surface area (Å²) in [5.41, 5.74) is 0. The van der Waals surface area contributed by atoms with Gasteiger partial charge in [0, 0.05) is 6.42 Å². The molecule has 1 atom stereocenters. The average molecular weight is 171 g/mol. The van der Waals surface area contributed by atoms with Gasteiger partial charge in [0.15, 0.2) is 0 Å². The zero-order valence-electron chi connectivity index (χ0n) is 7.55. The van der Waals surface area contributed by atoms with Gasteiger partial charge in [0.1, 0.15) is 0 Å². The highest BCUT2D eigenvalue weighted by molar-refractivity contribution is 5.66. The number of hydrogen-bond acceptors (Lipinski definition) is 2. The first kappa shape index (κ1) is 9.52. The number of carboxylic acid groups (broad SMARTS) is 1.